The number of carboxylic acid groups (broad SMARTS) is 1. The zero-order chi connectivity index (χ0) is 19.9. The second-order valence-electron chi connectivity index (χ2n) is 8.16. The molecule has 1 aliphatic carbocycles. The van der Waals surface area contributed by atoms with E-state index in [4.69, 9.17) is 0 Å². The van der Waals surface area contributed by atoms with E-state index in [2.05, 4.69) is 5.32 Å². The summed E-state index contributed by atoms with van der Waals surface area (Å²) in [5.41, 5.74) is -3.22. The molecule has 3 N–H and O–H groups in total. The van der Waals surface area contributed by atoms with Crippen molar-refractivity contribution in [2.45, 2.75) is 64.3 Å². The number of hydrogen-bond acceptors (Lipinski definition) is 3. The third-order valence-corrected chi connectivity index (χ3v) is 6.22. The van der Waals surface area contributed by atoms with Crippen LogP contribution in [0.2, 0.25) is 0 Å². The lowest BCUT2D eigenvalue weighted by atomic mass is 9.53. The van der Waals surface area contributed by atoms with Gasteiger partial charge in [-0.25, -0.2) is 4.79 Å². The molecule has 1 aliphatic heterocycles. The minimum Gasteiger partial charge on any atom is -0.481 e. The fourth-order valence-electron chi connectivity index (χ4n) is 4.22. The van der Waals surface area contributed by atoms with E-state index >= 15 is 0 Å². The van der Waals surface area contributed by atoms with Crippen LogP contribution in [0, 0.1) is 17.3 Å². The summed E-state index contributed by atoms with van der Waals surface area (Å²) in [6.45, 7) is 5.44. The molecule has 2 rings (SSSR count). The van der Waals surface area contributed by atoms with Crippen molar-refractivity contribution in [3.8, 4) is 0 Å². The van der Waals surface area contributed by atoms with Gasteiger partial charge in [0, 0.05) is 25.6 Å². The Morgan fingerprint density at radius 2 is 1.85 bits per heavy atom. The number of hydrogen-bond donors (Lipinski definition) is 3. The summed E-state index contributed by atoms with van der Waals surface area (Å²) in [7, 11) is 0. The van der Waals surface area contributed by atoms with Gasteiger partial charge < -0.3 is 20.4 Å². The standard InChI is InChI=1S/C17H27F3N2O4/c1-10(11-9-12(13(23)24)15(11,2)3)21-14(25)22-7-4-5-16(26,6-8-22)17(18,19)20/h10-12,26H,4-9H2,1-3H3,(H,21,25)(H,23,24)/t10?,11-,12+,16?/m0/s1. The van der Waals surface area contributed by atoms with Crippen LogP contribution >= 0.6 is 0 Å². The van der Waals surface area contributed by atoms with Crippen LogP contribution in [0.3, 0.4) is 0 Å². The van der Waals surface area contributed by atoms with Gasteiger partial charge in [0.1, 0.15) is 0 Å². The predicted molar refractivity (Wildman–Crippen MR) is 87.4 cm³/mol. The lowest BCUT2D eigenvalue weighted by Gasteiger charge is -2.52. The second kappa shape index (κ2) is 6.90. The van der Waals surface area contributed by atoms with Crippen molar-refractivity contribution in [3.63, 3.8) is 0 Å². The molecule has 2 unspecified atom stereocenters. The van der Waals surface area contributed by atoms with Gasteiger partial charge in [-0.2, -0.15) is 13.2 Å². The highest BCUT2D eigenvalue weighted by Gasteiger charge is 2.55. The van der Waals surface area contributed by atoms with Crippen molar-refractivity contribution in [2.24, 2.45) is 17.3 Å². The van der Waals surface area contributed by atoms with Crippen molar-refractivity contribution in [3.05, 3.63) is 0 Å². The number of carboxylic acids is 1. The number of nitrogens with zero attached hydrogens (tertiary/aromatic N) is 1. The Labute approximate surface area is 150 Å². The van der Waals surface area contributed by atoms with E-state index in [0.29, 0.717) is 6.42 Å². The molecule has 0 aromatic carbocycles. The fraction of sp³-hybridized carbons (Fsp3) is 0.882. The molecule has 0 bridgehead atoms. The smallest absolute Gasteiger partial charge is 0.417 e. The maximum atomic E-state index is 13.0. The topological polar surface area (TPSA) is 89.9 Å². The van der Waals surface area contributed by atoms with Crippen molar-refractivity contribution in [1.82, 2.24) is 10.2 Å². The summed E-state index contributed by atoms with van der Waals surface area (Å²) in [5, 5.41) is 21.8. The molecule has 2 fully saturated rings. The Kier molecular flexibility index (Phi) is 5.52. The van der Waals surface area contributed by atoms with Crippen molar-refractivity contribution in [1.29, 1.82) is 0 Å². The number of rotatable bonds is 3. The molecule has 0 aromatic heterocycles. The zero-order valence-electron chi connectivity index (χ0n) is 15.3. The molecule has 9 heteroatoms. The van der Waals surface area contributed by atoms with E-state index in [1.165, 1.54) is 4.90 Å². The van der Waals surface area contributed by atoms with E-state index in [1.807, 2.05) is 13.8 Å². The van der Waals surface area contributed by atoms with Crippen LogP contribution < -0.4 is 5.32 Å². The molecule has 26 heavy (non-hydrogen) atoms. The first kappa shape index (κ1) is 20.8. The number of aliphatic hydroxyl groups is 1. The summed E-state index contributed by atoms with van der Waals surface area (Å²) in [5.74, 6) is -1.35. The summed E-state index contributed by atoms with van der Waals surface area (Å²) in [4.78, 5) is 24.9. The molecule has 0 radical (unpaired) electrons. The van der Waals surface area contributed by atoms with E-state index in [-0.39, 0.29) is 31.5 Å². The van der Waals surface area contributed by atoms with Gasteiger partial charge in [-0.1, -0.05) is 13.8 Å². The van der Waals surface area contributed by atoms with Crippen molar-refractivity contribution >= 4 is 12.0 Å². The number of alkyl halides is 3. The quantitative estimate of drug-likeness (QED) is 0.702. The van der Waals surface area contributed by atoms with Gasteiger partial charge in [-0.15, -0.1) is 0 Å². The van der Waals surface area contributed by atoms with E-state index in [0.717, 1.165) is 0 Å². The number of nitrogens with one attached hydrogen (secondary N) is 1. The first-order valence-corrected chi connectivity index (χ1v) is 8.87. The highest BCUT2D eigenvalue weighted by molar-refractivity contribution is 5.75. The molecule has 4 atom stereocenters. The van der Waals surface area contributed by atoms with Gasteiger partial charge in [0.05, 0.1) is 5.92 Å². The predicted octanol–water partition coefficient (Wildman–Crippen LogP) is 2.61. The van der Waals surface area contributed by atoms with Crippen LogP contribution in [0.25, 0.3) is 0 Å². The Morgan fingerprint density at radius 3 is 2.35 bits per heavy atom. The van der Waals surface area contributed by atoms with Crippen LogP contribution in [0.4, 0.5) is 18.0 Å². The molecule has 6 nitrogen and oxygen atoms in total. The largest absolute Gasteiger partial charge is 0.481 e. The second-order valence-corrected chi connectivity index (χ2v) is 8.16. The van der Waals surface area contributed by atoms with Gasteiger partial charge in [-0.05, 0) is 37.5 Å². The molecule has 2 amide bonds. The molecule has 2 aliphatic rings. The third kappa shape index (κ3) is 3.77. The SMILES string of the molecule is CC(NC(=O)N1CCCC(O)(C(F)(F)F)CC1)[C@@H]1C[C@H](C(=O)O)C1(C)C. The molecule has 1 saturated heterocycles. The average Bonchev–Trinajstić information content (AvgIpc) is 2.68. The molecule has 0 aromatic rings. The van der Waals surface area contributed by atoms with Crippen LogP contribution in [0.5, 0.6) is 0 Å². The maximum Gasteiger partial charge on any atom is 0.417 e. The number of carbonyl (C=O) groups excluding carboxylic acids is 1. The molecular weight excluding hydrogens is 353 g/mol. The highest BCUT2D eigenvalue weighted by Crippen LogP contribution is 2.52. The van der Waals surface area contributed by atoms with E-state index in [1.54, 1.807) is 6.92 Å². The maximum absolute atomic E-state index is 13.0. The normalized spacial score (nSPS) is 33.0. The van der Waals surface area contributed by atoms with Gasteiger partial charge >= 0.3 is 18.2 Å². The van der Waals surface area contributed by atoms with Gasteiger partial charge in [0.25, 0.3) is 0 Å². The molecule has 150 valence electrons. The van der Waals surface area contributed by atoms with Crippen molar-refractivity contribution < 1.29 is 33.0 Å². The minimum atomic E-state index is -4.71. The summed E-state index contributed by atoms with van der Waals surface area (Å²) < 4.78 is 38.9. The number of likely N-dealkylation sites (tertiary alicyclic amines) is 1. The zero-order valence-corrected chi connectivity index (χ0v) is 15.3. The fourth-order valence-corrected chi connectivity index (χ4v) is 4.22. The van der Waals surface area contributed by atoms with Gasteiger partial charge in [0.15, 0.2) is 5.60 Å². The number of halogens is 3. The van der Waals surface area contributed by atoms with Gasteiger partial charge in [-0.3, -0.25) is 4.79 Å². The Balaban J connectivity index is 1.93. The third-order valence-electron chi connectivity index (χ3n) is 6.22. The van der Waals surface area contributed by atoms with Crippen molar-refractivity contribution in [2.75, 3.05) is 13.1 Å². The van der Waals surface area contributed by atoms with Crippen LogP contribution in [-0.2, 0) is 4.79 Å². The minimum absolute atomic E-state index is 0.0216. The highest BCUT2D eigenvalue weighted by atomic mass is 19.4. The van der Waals surface area contributed by atoms with Crippen LogP contribution in [-0.4, -0.2) is 58.0 Å². The Bertz CT molecular complexity index is 567. The Hall–Kier alpha value is -1.51. The van der Waals surface area contributed by atoms with Crippen LogP contribution in [0.1, 0.15) is 46.5 Å². The number of aliphatic carboxylic acids is 1. The molecule has 1 heterocycles. The molecule has 0 spiro atoms. The van der Waals surface area contributed by atoms with Gasteiger partial charge in [0.2, 0.25) is 0 Å². The van der Waals surface area contributed by atoms with Crippen LogP contribution in [0.15, 0.2) is 0 Å². The number of urea groups is 1. The summed E-state index contributed by atoms with van der Waals surface area (Å²) in [6, 6.07) is -0.767. The van der Waals surface area contributed by atoms with E-state index in [9.17, 15) is 33.0 Å². The first-order chi connectivity index (χ1) is 11.8. The van der Waals surface area contributed by atoms with E-state index < -0.39 is 48.0 Å². The summed E-state index contributed by atoms with van der Waals surface area (Å²) in [6.07, 6.45) is -5.17. The average molecular weight is 380 g/mol. The first-order valence-electron chi connectivity index (χ1n) is 8.87. The monoisotopic (exact) mass is 380 g/mol. The lowest BCUT2D eigenvalue weighted by molar-refractivity contribution is -0.263. The Morgan fingerprint density at radius 1 is 1.23 bits per heavy atom. The lowest BCUT2D eigenvalue weighted by Crippen LogP contribution is -2.58. The molecule has 1 saturated carbocycles. The summed E-state index contributed by atoms with van der Waals surface area (Å²) >= 11 is 0. The molecular formula is C17H27F3N2O4. The number of carbonyl (C=O) groups is 2. The number of amides is 2.